The van der Waals surface area contributed by atoms with E-state index in [-0.39, 0.29) is 24.0 Å². The number of nitrogens with one attached hydrogen (secondary N) is 1. The van der Waals surface area contributed by atoms with Crippen LogP contribution < -0.4 is 0 Å². The predicted molar refractivity (Wildman–Crippen MR) is 99.5 cm³/mol. The molecule has 0 fully saturated rings. The first-order valence-electron chi connectivity index (χ1n) is 6.90. The van der Waals surface area contributed by atoms with E-state index in [0.29, 0.717) is 0 Å². The summed E-state index contributed by atoms with van der Waals surface area (Å²) in [6.45, 7) is 0.808. The van der Waals surface area contributed by atoms with Gasteiger partial charge >= 0.3 is 0 Å². The minimum Gasteiger partial charge on any atom is -0.349 e. The Labute approximate surface area is 143 Å². The second-order valence-corrected chi connectivity index (χ2v) is 5.27. The van der Waals surface area contributed by atoms with Crippen molar-refractivity contribution in [1.29, 1.82) is 0 Å². The first kappa shape index (κ1) is 17.7. The van der Waals surface area contributed by atoms with Crippen molar-refractivity contribution >= 4 is 41.0 Å². The molecule has 0 bridgehead atoms. The van der Waals surface area contributed by atoms with E-state index in [9.17, 15) is 0 Å². The second kappa shape index (κ2) is 8.21. The fourth-order valence-corrected chi connectivity index (χ4v) is 2.23. The fraction of sp³-hybridized carbons (Fsp3) is 0.467. The van der Waals surface area contributed by atoms with Crippen LogP contribution in [0.3, 0.4) is 0 Å². The van der Waals surface area contributed by atoms with Gasteiger partial charge in [0.15, 0.2) is 5.96 Å². The second-order valence-electron chi connectivity index (χ2n) is 5.27. The molecule has 5 nitrogen and oxygen atoms in total. The van der Waals surface area contributed by atoms with Crippen molar-refractivity contribution in [2.24, 2.45) is 4.99 Å². The molecular formula is C15H24IN5. The number of benzene rings is 1. The number of aliphatic imine (C=N–C) groups is 1. The number of hydrogen-bond donors (Lipinski definition) is 1. The van der Waals surface area contributed by atoms with Gasteiger partial charge < -0.3 is 14.8 Å². The van der Waals surface area contributed by atoms with Gasteiger partial charge in [0.25, 0.3) is 0 Å². The van der Waals surface area contributed by atoms with E-state index in [4.69, 9.17) is 0 Å². The molecular weight excluding hydrogens is 377 g/mol. The number of H-pyrrole nitrogens is 1. The first-order chi connectivity index (χ1) is 9.58. The van der Waals surface area contributed by atoms with Gasteiger partial charge in [-0.25, -0.2) is 4.98 Å². The Hall–Kier alpha value is -1.31. The minimum absolute atomic E-state index is 0. The van der Waals surface area contributed by atoms with Gasteiger partial charge in [0, 0.05) is 41.2 Å². The van der Waals surface area contributed by atoms with Crippen LogP contribution in [-0.2, 0) is 6.42 Å². The van der Waals surface area contributed by atoms with E-state index in [1.54, 1.807) is 0 Å². The van der Waals surface area contributed by atoms with Gasteiger partial charge in [0.2, 0.25) is 0 Å². The molecule has 0 aliphatic rings. The molecule has 0 saturated carbocycles. The molecule has 1 heterocycles. The first-order valence-corrected chi connectivity index (χ1v) is 6.90. The number of aromatic nitrogens is 2. The highest BCUT2D eigenvalue weighted by molar-refractivity contribution is 14.0. The van der Waals surface area contributed by atoms with E-state index in [2.05, 4.69) is 21.0 Å². The predicted octanol–water partition coefficient (Wildman–Crippen LogP) is 2.59. The number of rotatable bonds is 4. The largest absolute Gasteiger partial charge is 0.349 e. The fourth-order valence-electron chi connectivity index (χ4n) is 2.23. The molecule has 1 aromatic carbocycles. The van der Waals surface area contributed by atoms with Crippen LogP contribution in [0.2, 0.25) is 0 Å². The quantitative estimate of drug-likeness (QED) is 0.371. The Morgan fingerprint density at radius 1 is 1.14 bits per heavy atom. The number of hydrogen-bond acceptors (Lipinski definition) is 2. The maximum Gasteiger partial charge on any atom is 0.195 e. The highest BCUT2D eigenvalue weighted by Gasteiger charge is 2.04. The molecule has 116 valence electrons. The number of guanidine groups is 1. The van der Waals surface area contributed by atoms with Crippen molar-refractivity contribution < 1.29 is 0 Å². The Morgan fingerprint density at radius 2 is 1.81 bits per heavy atom. The van der Waals surface area contributed by atoms with Gasteiger partial charge in [-0.1, -0.05) is 12.1 Å². The summed E-state index contributed by atoms with van der Waals surface area (Å²) in [6.07, 6.45) is 1.91. The summed E-state index contributed by atoms with van der Waals surface area (Å²) < 4.78 is 0. The Balaban J connectivity index is 0.00000220. The molecule has 0 atom stereocenters. The van der Waals surface area contributed by atoms with Gasteiger partial charge in [-0.05, 0) is 18.6 Å². The summed E-state index contributed by atoms with van der Waals surface area (Å²) in [4.78, 5) is 16.6. The molecule has 0 radical (unpaired) electrons. The highest BCUT2D eigenvalue weighted by atomic mass is 127. The summed E-state index contributed by atoms with van der Waals surface area (Å²) in [7, 11) is 8.05. The third-order valence-corrected chi connectivity index (χ3v) is 3.06. The maximum atomic E-state index is 4.62. The van der Waals surface area contributed by atoms with Crippen LogP contribution >= 0.6 is 24.0 Å². The highest BCUT2D eigenvalue weighted by Crippen LogP contribution is 2.11. The molecule has 0 aliphatic heterocycles. The zero-order valence-corrected chi connectivity index (χ0v) is 15.5. The van der Waals surface area contributed by atoms with Crippen LogP contribution in [0.1, 0.15) is 12.2 Å². The molecule has 0 amide bonds. The monoisotopic (exact) mass is 401 g/mol. The van der Waals surface area contributed by atoms with E-state index in [1.165, 1.54) is 0 Å². The Kier molecular flexibility index (Phi) is 6.94. The van der Waals surface area contributed by atoms with E-state index < -0.39 is 0 Å². The molecule has 0 unspecified atom stereocenters. The third kappa shape index (κ3) is 4.87. The number of halogens is 1. The standard InChI is InChI=1S/C15H23N5.HI/c1-19(2)15(20(3)4)16-11-7-10-14-17-12-8-5-6-9-13(12)18-14;/h5-6,8-9H,7,10-11H2,1-4H3,(H,17,18);1H. The number of imidazole rings is 1. The van der Waals surface area contributed by atoms with Crippen molar-refractivity contribution in [3.63, 3.8) is 0 Å². The molecule has 1 aromatic heterocycles. The van der Waals surface area contributed by atoms with E-state index >= 15 is 0 Å². The lowest BCUT2D eigenvalue weighted by molar-refractivity contribution is 0.479. The van der Waals surface area contributed by atoms with Crippen LogP contribution in [0.25, 0.3) is 11.0 Å². The number of aromatic amines is 1. The lowest BCUT2D eigenvalue weighted by Crippen LogP contribution is -2.35. The number of fused-ring (bicyclic) bond motifs is 1. The Bertz CT molecular complexity index is 546. The summed E-state index contributed by atoms with van der Waals surface area (Å²) in [5.74, 6) is 2.03. The number of para-hydroxylation sites is 2. The lowest BCUT2D eigenvalue weighted by Gasteiger charge is -2.22. The normalized spacial score (nSPS) is 10.1. The topological polar surface area (TPSA) is 47.5 Å². The molecule has 2 aromatic rings. The summed E-state index contributed by atoms with van der Waals surface area (Å²) in [6, 6.07) is 8.12. The molecule has 6 heteroatoms. The summed E-state index contributed by atoms with van der Waals surface area (Å²) in [5.41, 5.74) is 2.14. The van der Waals surface area contributed by atoms with E-state index in [0.717, 1.165) is 42.2 Å². The van der Waals surface area contributed by atoms with Crippen LogP contribution in [0.5, 0.6) is 0 Å². The molecule has 1 N–H and O–H groups in total. The van der Waals surface area contributed by atoms with Crippen molar-refractivity contribution in [3.05, 3.63) is 30.1 Å². The average Bonchev–Trinajstić information content (AvgIpc) is 2.80. The van der Waals surface area contributed by atoms with Crippen molar-refractivity contribution in [2.45, 2.75) is 12.8 Å². The zero-order valence-electron chi connectivity index (χ0n) is 13.1. The van der Waals surface area contributed by atoms with Crippen molar-refractivity contribution in [3.8, 4) is 0 Å². The molecule has 0 aliphatic carbocycles. The minimum atomic E-state index is 0. The number of aryl methyl sites for hydroxylation is 1. The van der Waals surface area contributed by atoms with Crippen LogP contribution in [0.4, 0.5) is 0 Å². The van der Waals surface area contributed by atoms with Gasteiger partial charge in [0.05, 0.1) is 11.0 Å². The maximum absolute atomic E-state index is 4.62. The lowest BCUT2D eigenvalue weighted by atomic mass is 10.3. The molecule has 21 heavy (non-hydrogen) atoms. The zero-order chi connectivity index (χ0) is 14.5. The average molecular weight is 401 g/mol. The molecule has 2 rings (SSSR count). The summed E-state index contributed by atoms with van der Waals surface area (Å²) >= 11 is 0. The van der Waals surface area contributed by atoms with Gasteiger partial charge in [-0.2, -0.15) is 0 Å². The van der Waals surface area contributed by atoms with Gasteiger partial charge in [0.1, 0.15) is 5.82 Å². The number of nitrogens with zero attached hydrogens (tertiary/aromatic N) is 4. The molecule has 0 spiro atoms. The van der Waals surface area contributed by atoms with Crippen molar-refractivity contribution in [2.75, 3.05) is 34.7 Å². The van der Waals surface area contributed by atoms with Crippen molar-refractivity contribution in [1.82, 2.24) is 19.8 Å². The van der Waals surface area contributed by atoms with E-state index in [1.807, 2.05) is 56.2 Å². The van der Waals surface area contributed by atoms with Crippen LogP contribution in [0.15, 0.2) is 29.3 Å². The van der Waals surface area contributed by atoms with Crippen LogP contribution in [-0.4, -0.2) is 60.5 Å². The smallest absolute Gasteiger partial charge is 0.195 e. The van der Waals surface area contributed by atoms with Gasteiger partial charge in [-0.3, -0.25) is 4.99 Å². The summed E-state index contributed by atoms with van der Waals surface area (Å²) in [5, 5.41) is 0. The van der Waals surface area contributed by atoms with Crippen LogP contribution in [0, 0.1) is 0 Å². The van der Waals surface area contributed by atoms with Gasteiger partial charge in [-0.15, -0.1) is 24.0 Å². The molecule has 0 saturated heterocycles. The Morgan fingerprint density at radius 3 is 2.43 bits per heavy atom. The SMILES string of the molecule is CN(C)C(=NCCCc1nc2ccccc2[nH]1)N(C)C.I. The third-order valence-electron chi connectivity index (χ3n) is 3.06.